The van der Waals surface area contributed by atoms with E-state index in [1.807, 2.05) is 37.3 Å². The van der Waals surface area contributed by atoms with E-state index in [0.717, 1.165) is 12.0 Å². The van der Waals surface area contributed by atoms with Gasteiger partial charge in [0.1, 0.15) is 0 Å². The molecule has 1 radical (unpaired) electrons. The Hall–Kier alpha value is -1.31. The van der Waals surface area contributed by atoms with Crippen LogP contribution < -0.4 is 0 Å². The molecule has 13 heavy (non-hydrogen) atoms. The summed E-state index contributed by atoms with van der Waals surface area (Å²) in [6.45, 7) is 5.56. The predicted octanol–water partition coefficient (Wildman–Crippen LogP) is 2.74. The van der Waals surface area contributed by atoms with Crippen molar-refractivity contribution in [1.82, 2.24) is 0 Å². The van der Waals surface area contributed by atoms with Gasteiger partial charge in [0.15, 0.2) is 0 Å². The Morgan fingerprint density at radius 2 is 1.92 bits per heavy atom. The van der Waals surface area contributed by atoms with Crippen molar-refractivity contribution in [3.05, 3.63) is 42.8 Å². The van der Waals surface area contributed by atoms with E-state index in [-0.39, 0.29) is 0 Å². The maximum Gasteiger partial charge on any atom is 0.303 e. The highest BCUT2D eigenvalue weighted by Gasteiger charge is 1.87. The van der Waals surface area contributed by atoms with Crippen LogP contribution in [0.5, 0.6) is 0 Å². The fraction of sp³-hybridized carbons (Fsp3) is 0.273. The fourth-order valence-electron chi connectivity index (χ4n) is 0.692. The molecule has 2 nitrogen and oxygen atoms in total. The number of benzene rings is 1. The van der Waals surface area contributed by atoms with Crippen molar-refractivity contribution in [3.8, 4) is 0 Å². The molecule has 0 bridgehead atoms. The second-order valence-electron chi connectivity index (χ2n) is 2.63. The molecule has 0 saturated heterocycles. The third-order valence-corrected chi connectivity index (χ3v) is 1.31. The number of carboxylic acid groups (broad SMARTS) is 1. The molecule has 2 heteroatoms. The third-order valence-electron chi connectivity index (χ3n) is 1.31. The van der Waals surface area contributed by atoms with Crippen LogP contribution >= 0.6 is 0 Å². The summed E-state index contributed by atoms with van der Waals surface area (Å²) in [6.07, 6.45) is 1.02. The van der Waals surface area contributed by atoms with Gasteiger partial charge in [-0.3, -0.25) is 4.79 Å². The average molecular weight is 179 g/mol. The maximum absolute atomic E-state index is 9.60. The van der Waals surface area contributed by atoms with Crippen molar-refractivity contribution in [1.29, 1.82) is 0 Å². The number of aliphatic carboxylic acids is 1. The topological polar surface area (TPSA) is 37.3 Å². The monoisotopic (exact) mass is 179 g/mol. The van der Waals surface area contributed by atoms with E-state index in [1.165, 1.54) is 0 Å². The van der Waals surface area contributed by atoms with Crippen molar-refractivity contribution in [2.75, 3.05) is 0 Å². The van der Waals surface area contributed by atoms with E-state index in [0.29, 0.717) is 6.42 Å². The Labute approximate surface area is 79.2 Å². The van der Waals surface area contributed by atoms with E-state index in [4.69, 9.17) is 5.11 Å². The quantitative estimate of drug-likeness (QED) is 0.757. The van der Waals surface area contributed by atoms with E-state index < -0.39 is 5.97 Å². The van der Waals surface area contributed by atoms with Gasteiger partial charge in [0.25, 0.3) is 0 Å². The molecular weight excluding hydrogens is 164 g/mol. The van der Waals surface area contributed by atoms with Crippen molar-refractivity contribution in [2.24, 2.45) is 0 Å². The first kappa shape index (κ1) is 11.7. The summed E-state index contributed by atoms with van der Waals surface area (Å²) in [5.74, 6) is -0.711. The van der Waals surface area contributed by atoms with Gasteiger partial charge in [0.2, 0.25) is 0 Å². The summed E-state index contributed by atoms with van der Waals surface area (Å²) in [6, 6.07) is 9.87. The Bertz CT molecular complexity index is 229. The minimum Gasteiger partial charge on any atom is -0.481 e. The maximum atomic E-state index is 9.60. The molecule has 0 fully saturated rings. The van der Waals surface area contributed by atoms with Crippen LogP contribution in [-0.4, -0.2) is 11.1 Å². The number of hydrogen-bond acceptors (Lipinski definition) is 1. The zero-order valence-corrected chi connectivity index (χ0v) is 7.86. The Morgan fingerprint density at radius 3 is 2.08 bits per heavy atom. The minimum absolute atomic E-state index is 0.292. The molecule has 0 aliphatic rings. The first-order chi connectivity index (χ1) is 6.16. The van der Waals surface area contributed by atoms with Gasteiger partial charge in [-0.2, -0.15) is 0 Å². The van der Waals surface area contributed by atoms with Gasteiger partial charge in [-0.15, -0.1) is 0 Å². The minimum atomic E-state index is -0.711. The van der Waals surface area contributed by atoms with Gasteiger partial charge in [-0.25, -0.2) is 0 Å². The SMILES string of the molecule is CCCC(=O)O.[CH2]c1ccccc1. The standard InChI is InChI=1S/C7H7.C4H8O2/c1-7-5-3-2-4-6-7;1-2-3-4(5)6/h2-6H,1H2;2-3H2,1H3,(H,5,6). The number of hydrogen-bond donors (Lipinski definition) is 1. The van der Waals surface area contributed by atoms with Gasteiger partial charge in [-0.1, -0.05) is 37.3 Å². The molecule has 1 aromatic rings. The zero-order valence-electron chi connectivity index (χ0n) is 7.86. The molecule has 0 amide bonds. The normalized spacial score (nSPS) is 8.46. The second-order valence-corrected chi connectivity index (χ2v) is 2.63. The number of rotatable bonds is 2. The van der Waals surface area contributed by atoms with E-state index in [9.17, 15) is 4.79 Å². The number of carbonyl (C=O) groups is 1. The van der Waals surface area contributed by atoms with Gasteiger partial charge >= 0.3 is 5.97 Å². The lowest BCUT2D eigenvalue weighted by molar-refractivity contribution is -0.137. The van der Waals surface area contributed by atoms with Crippen molar-refractivity contribution in [3.63, 3.8) is 0 Å². The summed E-state index contributed by atoms with van der Waals surface area (Å²) in [5, 5.41) is 7.91. The van der Waals surface area contributed by atoms with Crippen LogP contribution in [-0.2, 0) is 4.79 Å². The van der Waals surface area contributed by atoms with Gasteiger partial charge in [-0.05, 0) is 18.9 Å². The lowest BCUT2D eigenvalue weighted by Gasteiger charge is -1.82. The van der Waals surface area contributed by atoms with Gasteiger partial charge in [0, 0.05) is 6.42 Å². The van der Waals surface area contributed by atoms with Crippen LogP contribution in [0.1, 0.15) is 25.3 Å². The van der Waals surface area contributed by atoms with E-state index in [1.54, 1.807) is 0 Å². The van der Waals surface area contributed by atoms with Crippen LogP contribution in [0.3, 0.4) is 0 Å². The Kier molecular flexibility index (Phi) is 6.60. The molecule has 0 unspecified atom stereocenters. The second kappa shape index (κ2) is 7.35. The Morgan fingerprint density at radius 1 is 1.38 bits per heavy atom. The number of carboxylic acids is 1. The van der Waals surface area contributed by atoms with Crippen molar-refractivity contribution < 1.29 is 9.90 Å². The summed E-state index contributed by atoms with van der Waals surface area (Å²) in [4.78, 5) is 9.60. The molecule has 0 aliphatic heterocycles. The highest BCUT2D eigenvalue weighted by atomic mass is 16.4. The molecular formula is C11H15O2. The van der Waals surface area contributed by atoms with Gasteiger partial charge < -0.3 is 5.11 Å². The highest BCUT2D eigenvalue weighted by Crippen LogP contribution is 1.92. The first-order valence-corrected chi connectivity index (χ1v) is 4.25. The van der Waals surface area contributed by atoms with Crippen molar-refractivity contribution in [2.45, 2.75) is 19.8 Å². The van der Waals surface area contributed by atoms with Crippen LogP contribution in [0, 0.1) is 6.92 Å². The van der Waals surface area contributed by atoms with Crippen LogP contribution in [0.4, 0.5) is 0 Å². The first-order valence-electron chi connectivity index (χ1n) is 4.25. The van der Waals surface area contributed by atoms with Crippen LogP contribution in [0.25, 0.3) is 0 Å². The molecule has 71 valence electrons. The van der Waals surface area contributed by atoms with Crippen molar-refractivity contribution >= 4 is 5.97 Å². The zero-order chi connectivity index (χ0) is 10.1. The highest BCUT2D eigenvalue weighted by molar-refractivity contribution is 5.66. The van der Waals surface area contributed by atoms with Gasteiger partial charge in [0.05, 0.1) is 0 Å². The molecule has 0 spiro atoms. The molecule has 0 aromatic heterocycles. The lowest BCUT2D eigenvalue weighted by Crippen LogP contribution is -1.90. The lowest BCUT2D eigenvalue weighted by atomic mass is 10.2. The smallest absolute Gasteiger partial charge is 0.303 e. The summed E-state index contributed by atoms with van der Waals surface area (Å²) < 4.78 is 0. The molecule has 0 atom stereocenters. The molecule has 1 aromatic carbocycles. The van der Waals surface area contributed by atoms with Crippen LogP contribution in [0.2, 0.25) is 0 Å². The Balaban J connectivity index is 0.000000226. The van der Waals surface area contributed by atoms with E-state index in [2.05, 4.69) is 6.92 Å². The molecule has 0 heterocycles. The van der Waals surface area contributed by atoms with Crippen LogP contribution in [0.15, 0.2) is 30.3 Å². The molecule has 1 rings (SSSR count). The fourth-order valence-corrected chi connectivity index (χ4v) is 0.692. The molecule has 1 N–H and O–H groups in total. The molecule has 0 aliphatic carbocycles. The third kappa shape index (κ3) is 8.60. The predicted molar refractivity (Wildman–Crippen MR) is 53.4 cm³/mol. The average Bonchev–Trinajstić information content (AvgIpc) is 2.06. The summed E-state index contributed by atoms with van der Waals surface area (Å²) in [7, 11) is 0. The van der Waals surface area contributed by atoms with E-state index >= 15 is 0 Å². The molecule has 0 saturated carbocycles. The summed E-state index contributed by atoms with van der Waals surface area (Å²) in [5.41, 5.74) is 1.07. The summed E-state index contributed by atoms with van der Waals surface area (Å²) >= 11 is 0. The largest absolute Gasteiger partial charge is 0.481 e.